The number of hydrogen-bond acceptors (Lipinski definition) is 4. The lowest BCUT2D eigenvalue weighted by Crippen LogP contribution is -2.36. The molecule has 3 nitrogen and oxygen atoms in total. The quantitative estimate of drug-likeness (QED) is 0.733. The minimum atomic E-state index is 0.696. The minimum absolute atomic E-state index is 0.696. The fourth-order valence-electron chi connectivity index (χ4n) is 2.90. The van der Waals surface area contributed by atoms with E-state index in [0.29, 0.717) is 5.92 Å². The van der Waals surface area contributed by atoms with Crippen molar-refractivity contribution < 1.29 is 0 Å². The second kappa shape index (κ2) is 7.99. The third-order valence-electron chi connectivity index (χ3n) is 3.85. The van der Waals surface area contributed by atoms with Gasteiger partial charge >= 0.3 is 0 Å². The van der Waals surface area contributed by atoms with Crippen LogP contribution in [-0.4, -0.2) is 24.1 Å². The van der Waals surface area contributed by atoms with Crippen LogP contribution in [0.4, 0.5) is 5.13 Å². The molecule has 0 aromatic carbocycles. The molecular weight excluding hydrogens is 266 g/mol. The molecule has 1 heterocycles. The Bertz CT molecular complexity index is 383. The van der Waals surface area contributed by atoms with Crippen LogP contribution in [0.2, 0.25) is 0 Å². The smallest absolute Gasteiger partial charge is 0.185 e. The lowest BCUT2D eigenvalue weighted by atomic mass is 10.1. The van der Waals surface area contributed by atoms with Gasteiger partial charge in [-0.3, -0.25) is 0 Å². The van der Waals surface area contributed by atoms with Crippen LogP contribution in [0.15, 0.2) is 5.38 Å². The number of nitrogens with one attached hydrogen (secondary N) is 1. The highest BCUT2D eigenvalue weighted by Gasteiger charge is 2.25. The summed E-state index contributed by atoms with van der Waals surface area (Å²) < 4.78 is 0. The van der Waals surface area contributed by atoms with Crippen LogP contribution in [0, 0.1) is 5.92 Å². The van der Waals surface area contributed by atoms with Crippen LogP contribution in [0.1, 0.15) is 58.6 Å². The number of aromatic nitrogens is 1. The molecule has 0 amide bonds. The summed E-state index contributed by atoms with van der Waals surface area (Å²) in [5.41, 5.74) is 1.20. The van der Waals surface area contributed by atoms with E-state index in [1.54, 1.807) is 0 Å². The zero-order valence-electron chi connectivity index (χ0n) is 13.2. The summed E-state index contributed by atoms with van der Waals surface area (Å²) >= 11 is 1.82. The Morgan fingerprint density at radius 1 is 1.40 bits per heavy atom. The Hall–Kier alpha value is -0.610. The van der Waals surface area contributed by atoms with Crippen LogP contribution in [0.5, 0.6) is 0 Å². The molecule has 1 aromatic heterocycles. The molecule has 4 heteroatoms. The molecule has 0 radical (unpaired) electrons. The van der Waals surface area contributed by atoms with Crippen molar-refractivity contribution in [2.24, 2.45) is 5.92 Å². The maximum absolute atomic E-state index is 4.86. The van der Waals surface area contributed by atoms with Gasteiger partial charge in [-0.2, -0.15) is 0 Å². The van der Waals surface area contributed by atoms with E-state index >= 15 is 0 Å². The predicted octanol–water partition coefficient (Wildman–Crippen LogP) is 4.05. The second-order valence-corrected chi connectivity index (χ2v) is 7.12. The SMILES string of the molecule is CCCNCc1csc(N(CC(C)C)C2CCCC2)n1. The monoisotopic (exact) mass is 295 g/mol. The largest absolute Gasteiger partial charge is 0.345 e. The molecule has 0 spiro atoms. The highest BCUT2D eigenvalue weighted by molar-refractivity contribution is 7.13. The number of thiazole rings is 1. The van der Waals surface area contributed by atoms with Crippen LogP contribution in [0.25, 0.3) is 0 Å². The molecule has 1 fully saturated rings. The summed E-state index contributed by atoms with van der Waals surface area (Å²) in [7, 11) is 0. The lowest BCUT2D eigenvalue weighted by molar-refractivity contribution is 0.534. The van der Waals surface area contributed by atoms with Crippen molar-refractivity contribution in [2.45, 2.75) is 65.5 Å². The molecule has 1 N–H and O–H groups in total. The Morgan fingerprint density at radius 2 is 2.15 bits per heavy atom. The van der Waals surface area contributed by atoms with E-state index < -0.39 is 0 Å². The van der Waals surface area contributed by atoms with Gasteiger partial charge in [0.1, 0.15) is 0 Å². The zero-order valence-corrected chi connectivity index (χ0v) is 14.0. The third kappa shape index (κ3) is 4.45. The van der Waals surface area contributed by atoms with Crippen LogP contribution >= 0.6 is 11.3 Å². The van der Waals surface area contributed by atoms with Gasteiger partial charge in [0.15, 0.2) is 5.13 Å². The van der Waals surface area contributed by atoms with Gasteiger partial charge in [-0.05, 0) is 31.7 Å². The molecule has 114 valence electrons. The van der Waals surface area contributed by atoms with Crippen LogP contribution < -0.4 is 10.2 Å². The molecule has 0 saturated heterocycles. The summed E-state index contributed by atoms with van der Waals surface area (Å²) in [5.74, 6) is 0.696. The molecule has 0 atom stereocenters. The summed E-state index contributed by atoms with van der Waals surface area (Å²) in [5, 5.41) is 6.90. The van der Waals surface area contributed by atoms with Gasteiger partial charge in [0.2, 0.25) is 0 Å². The first-order chi connectivity index (χ1) is 9.70. The van der Waals surface area contributed by atoms with Gasteiger partial charge in [-0.25, -0.2) is 4.98 Å². The van der Waals surface area contributed by atoms with Crippen molar-refractivity contribution in [3.63, 3.8) is 0 Å². The Kier molecular flexibility index (Phi) is 6.30. The number of hydrogen-bond donors (Lipinski definition) is 1. The molecule has 1 aromatic rings. The van der Waals surface area contributed by atoms with Crippen molar-refractivity contribution in [2.75, 3.05) is 18.0 Å². The fraction of sp³-hybridized carbons (Fsp3) is 0.812. The van der Waals surface area contributed by atoms with E-state index in [0.717, 1.165) is 25.7 Å². The highest BCUT2D eigenvalue weighted by atomic mass is 32.1. The second-order valence-electron chi connectivity index (χ2n) is 6.28. The molecule has 1 aliphatic rings. The number of nitrogens with zero attached hydrogens (tertiary/aromatic N) is 2. The highest BCUT2D eigenvalue weighted by Crippen LogP contribution is 2.31. The topological polar surface area (TPSA) is 28.2 Å². The Balaban J connectivity index is 2.00. The maximum atomic E-state index is 4.86. The molecule has 0 aliphatic heterocycles. The predicted molar refractivity (Wildman–Crippen MR) is 88.6 cm³/mol. The molecule has 0 unspecified atom stereocenters. The van der Waals surface area contributed by atoms with Gasteiger partial charge in [-0.15, -0.1) is 11.3 Å². The average Bonchev–Trinajstić information content (AvgIpc) is 3.08. The van der Waals surface area contributed by atoms with E-state index in [-0.39, 0.29) is 0 Å². The van der Waals surface area contributed by atoms with Crippen molar-refractivity contribution in [1.29, 1.82) is 0 Å². The van der Waals surface area contributed by atoms with Crippen molar-refractivity contribution in [3.05, 3.63) is 11.1 Å². The number of rotatable bonds is 8. The maximum Gasteiger partial charge on any atom is 0.185 e. The standard InChI is InChI=1S/C16H29N3S/c1-4-9-17-10-14-12-20-16(18-14)19(11-13(2)3)15-7-5-6-8-15/h12-13,15,17H,4-11H2,1-3H3. The van der Waals surface area contributed by atoms with E-state index in [9.17, 15) is 0 Å². The van der Waals surface area contributed by atoms with Crippen LogP contribution in [-0.2, 0) is 6.54 Å². The summed E-state index contributed by atoms with van der Waals surface area (Å²) in [6, 6.07) is 0.722. The number of anilines is 1. The van der Waals surface area contributed by atoms with Gasteiger partial charge < -0.3 is 10.2 Å². The first-order valence-corrected chi connectivity index (χ1v) is 9.00. The fourth-order valence-corrected chi connectivity index (χ4v) is 3.80. The van der Waals surface area contributed by atoms with Crippen molar-refractivity contribution in [3.8, 4) is 0 Å². The first-order valence-electron chi connectivity index (χ1n) is 8.12. The molecule has 1 aliphatic carbocycles. The van der Waals surface area contributed by atoms with Crippen molar-refractivity contribution >= 4 is 16.5 Å². The average molecular weight is 295 g/mol. The van der Waals surface area contributed by atoms with E-state index in [4.69, 9.17) is 4.98 Å². The lowest BCUT2D eigenvalue weighted by Gasteiger charge is -2.30. The Labute approximate surface area is 127 Å². The van der Waals surface area contributed by atoms with Crippen LogP contribution in [0.3, 0.4) is 0 Å². The van der Waals surface area contributed by atoms with E-state index in [1.165, 1.54) is 42.9 Å². The first kappa shape index (κ1) is 15.8. The van der Waals surface area contributed by atoms with Crippen molar-refractivity contribution in [1.82, 2.24) is 10.3 Å². The zero-order chi connectivity index (χ0) is 14.4. The summed E-state index contributed by atoms with van der Waals surface area (Å²) in [6.07, 6.45) is 6.63. The minimum Gasteiger partial charge on any atom is -0.345 e. The summed E-state index contributed by atoms with van der Waals surface area (Å²) in [4.78, 5) is 7.44. The molecule has 1 saturated carbocycles. The van der Waals surface area contributed by atoms with Gasteiger partial charge in [0.05, 0.1) is 5.69 Å². The van der Waals surface area contributed by atoms with Gasteiger partial charge in [0, 0.05) is 24.5 Å². The van der Waals surface area contributed by atoms with Gasteiger partial charge in [0.25, 0.3) is 0 Å². The third-order valence-corrected chi connectivity index (χ3v) is 4.77. The molecule has 20 heavy (non-hydrogen) atoms. The summed E-state index contributed by atoms with van der Waals surface area (Å²) in [6.45, 7) is 9.93. The van der Waals surface area contributed by atoms with Gasteiger partial charge in [-0.1, -0.05) is 33.6 Å². The molecular formula is C16H29N3S. The Morgan fingerprint density at radius 3 is 2.80 bits per heavy atom. The normalized spacial score (nSPS) is 16.2. The van der Waals surface area contributed by atoms with E-state index in [1.807, 2.05) is 11.3 Å². The molecule has 0 bridgehead atoms. The molecule has 2 rings (SSSR count). The van der Waals surface area contributed by atoms with E-state index in [2.05, 4.69) is 36.4 Å².